The molecule has 8 N–H and O–H groups in total. The maximum absolute atomic E-state index is 10.9. The molecule has 10 nitrogen and oxygen atoms in total. The lowest BCUT2D eigenvalue weighted by Crippen LogP contribution is -2.42. The Hall–Kier alpha value is -2.98. The number of amides is 3. The molecule has 1 rings (SSSR count). The number of carbonyl (C=O) groups excluding carboxylic acids is 3. The standard InChI is InChI=1S/C8H10.C7H14N4O3.C3H6O2.C3H8.C2H7N.C2H6/c1-7-3-5-8(2)6-4-7;1-9-3-6(13)11-4-7(14)10-2-5(8)12;1-2-3(4)5;1-3-2;1-2-3;1-2/h3-6H,1-2H3;9H,2-4H2,1H3,(H2,8,12)(H,10,14)(H,11,13);2H2,1H3,(H,4,5);3H2,1-2H3;2-3H2,1H3;1-2H3. The highest BCUT2D eigenvalue weighted by Crippen LogP contribution is 1.99. The van der Waals surface area contributed by atoms with Gasteiger partial charge >= 0.3 is 5.97 Å². The van der Waals surface area contributed by atoms with E-state index >= 15 is 0 Å². The van der Waals surface area contributed by atoms with Crippen LogP contribution in [-0.2, 0) is 19.2 Å². The first kappa shape index (κ1) is 42.2. The summed E-state index contributed by atoms with van der Waals surface area (Å²) in [6.45, 7) is 16.5. The van der Waals surface area contributed by atoms with E-state index in [1.165, 1.54) is 17.5 Å². The number of hydrogen-bond acceptors (Lipinski definition) is 6. The third-order valence-corrected chi connectivity index (χ3v) is 2.76. The van der Waals surface area contributed by atoms with Crippen LogP contribution in [0.4, 0.5) is 0 Å². The van der Waals surface area contributed by atoms with Gasteiger partial charge in [0.05, 0.1) is 19.6 Å². The van der Waals surface area contributed by atoms with Crippen LogP contribution in [0.3, 0.4) is 0 Å². The summed E-state index contributed by atoms with van der Waals surface area (Å²) >= 11 is 0. The fraction of sp³-hybridized carbons (Fsp3) is 0.600. The molecule has 0 unspecified atom stereocenters. The average molecular weight is 502 g/mol. The molecule has 0 heterocycles. The van der Waals surface area contributed by atoms with E-state index in [0.29, 0.717) is 0 Å². The Kier molecular flexibility index (Phi) is 42.9. The van der Waals surface area contributed by atoms with E-state index in [4.69, 9.17) is 16.6 Å². The van der Waals surface area contributed by atoms with Crippen LogP contribution in [-0.4, -0.2) is 62.0 Å². The molecule has 0 aliphatic rings. The number of hydrogen-bond donors (Lipinski definition) is 6. The highest BCUT2D eigenvalue weighted by Gasteiger charge is 2.04. The number of carboxylic acids is 1. The molecule has 3 amide bonds. The van der Waals surface area contributed by atoms with Crippen molar-refractivity contribution in [2.24, 2.45) is 11.5 Å². The molecule has 1 aromatic rings. The highest BCUT2D eigenvalue weighted by molar-refractivity contribution is 5.88. The smallest absolute Gasteiger partial charge is 0.303 e. The summed E-state index contributed by atoms with van der Waals surface area (Å²) in [6, 6.07) is 8.48. The molecule has 35 heavy (non-hydrogen) atoms. The largest absolute Gasteiger partial charge is 0.481 e. The Labute approximate surface area is 212 Å². The van der Waals surface area contributed by atoms with Crippen molar-refractivity contribution in [2.75, 3.05) is 33.2 Å². The molecule has 10 heteroatoms. The van der Waals surface area contributed by atoms with Gasteiger partial charge in [-0.05, 0) is 27.4 Å². The van der Waals surface area contributed by atoms with Gasteiger partial charge < -0.3 is 32.5 Å². The van der Waals surface area contributed by atoms with Crippen LogP contribution in [0.15, 0.2) is 24.3 Å². The Morgan fingerprint density at radius 3 is 1.34 bits per heavy atom. The first-order valence-electron chi connectivity index (χ1n) is 11.9. The van der Waals surface area contributed by atoms with Crippen molar-refractivity contribution in [3.05, 3.63) is 35.4 Å². The predicted molar refractivity (Wildman–Crippen MR) is 145 cm³/mol. The molecule has 0 radical (unpaired) electrons. The quantitative estimate of drug-likeness (QED) is 0.331. The lowest BCUT2D eigenvalue weighted by Gasteiger charge is -2.04. The van der Waals surface area contributed by atoms with Gasteiger partial charge in [-0.1, -0.05) is 83.4 Å². The Morgan fingerprint density at radius 2 is 1.09 bits per heavy atom. The van der Waals surface area contributed by atoms with Crippen molar-refractivity contribution in [1.29, 1.82) is 0 Å². The van der Waals surface area contributed by atoms with Crippen LogP contribution in [0.25, 0.3) is 0 Å². The molecule has 0 fully saturated rings. The molecule has 0 spiro atoms. The Balaban J connectivity index is -0.000000120. The fourth-order valence-electron chi connectivity index (χ4n) is 1.29. The molecule has 206 valence electrons. The van der Waals surface area contributed by atoms with Gasteiger partial charge in [0.15, 0.2) is 0 Å². The van der Waals surface area contributed by atoms with Gasteiger partial charge in [0.1, 0.15) is 0 Å². The van der Waals surface area contributed by atoms with E-state index in [1.807, 2.05) is 20.8 Å². The number of carbonyl (C=O) groups is 4. The molecule has 0 aromatic heterocycles. The normalized spacial score (nSPS) is 8.06. The number of aliphatic carboxylic acids is 1. The van der Waals surface area contributed by atoms with Gasteiger partial charge in [-0.15, -0.1) is 0 Å². The van der Waals surface area contributed by atoms with Gasteiger partial charge in [-0.3, -0.25) is 19.2 Å². The van der Waals surface area contributed by atoms with Crippen molar-refractivity contribution < 1.29 is 24.3 Å². The SMILES string of the molecule is CC.CCC.CCC(=O)O.CCN.CNCC(=O)NCC(=O)NCC(N)=O.Cc1ccc(C)cc1. The van der Waals surface area contributed by atoms with Crippen LogP contribution in [0, 0.1) is 13.8 Å². The van der Waals surface area contributed by atoms with E-state index in [0.717, 1.165) is 6.54 Å². The second kappa shape index (κ2) is 35.6. The fourth-order valence-corrected chi connectivity index (χ4v) is 1.29. The second-order valence-electron chi connectivity index (χ2n) is 6.57. The molecular formula is C25H51N5O5. The average Bonchev–Trinajstić information content (AvgIpc) is 2.81. The third-order valence-electron chi connectivity index (χ3n) is 2.76. The minimum atomic E-state index is -0.745. The Bertz CT molecular complexity index is 600. The van der Waals surface area contributed by atoms with E-state index in [1.54, 1.807) is 14.0 Å². The number of rotatable bonds is 7. The summed E-state index contributed by atoms with van der Waals surface area (Å²) in [6.07, 6.45) is 1.47. The van der Waals surface area contributed by atoms with Gasteiger partial charge in [0.25, 0.3) is 0 Å². The molecule has 0 aliphatic heterocycles. The van der Waals surface area contributed by atoms with Gasteiger partial charge in [0, 0.05) is 6.42 Å². The zero-order chi connectivity index (χ0) is 28.7. The van der Waals surface area contributed by atoms with Crippen molar-refractivity contribution >= 4 is 23.7 Å². The van der Waals surface area contributed by atoms with Crippen molar-refractivity contribution in [1.82, 2.24) is 16.0 Å². The summed E-state index contributed by atoms with van der Waals surface area (Å²) < 4.78 is 0. The number of carboxylic acid groups (broad SMARTS) is 1. The summed E-state index contributed by atoms with van der Waals surface area (Å²) in [5.74, 6) is -2.11. The second-order valence-corrected chi connectivity index (χ2v) is 6.57. The number of benzene rings is 1. The molecule has 0 saturated carbocycles. The van der Waals surface area contributed by atoms with Gasteiger partial charge in [-0.2, -0.15) is 0 Å². The maximum atomic E-state index is 10.9. The highest BCUT2D eigenvalue weighted by atomic mass is 16.4. The number of likely N-dealkylation sites (N-methyl/N-ethyl adjacent to an activating group) is 1. The molecule has 1 aromatic carbocycles. The van der Waals surface area contributed by atoms with Crippen LogP contribution in [0.5, 0.6) is 0 Å². The molecule has 0 aliphatic carbocycles. The van der Waals surface area contributed by atoms with Crippen molar-refractivity contribution in [2.45, 2.75) is 68.2 Å². The van der Waals surface area contributed by atoms with Crippen molar-refractivity contribution in [3.63, 3.8) is 0 Å². The van der Waals surface area contributed by atoms with E-state index in [2.05, 4.69) is 67.9 Å². The van der Waals surface area contributed by atoms with E-state index in [9.17, 15) is 19.2 Å². The number of aryl methyl sites for hydroxylation is 2. The zero-order valence-corrected chi connectivity index (χ0v) is 23.3. The van der Waals surface area contributed by atoms with E-state index < -0.39 is 17.8 Å². The van der Waals surface area contributed by atoms with E-state index in [-0.39, 0.29) is 32.0 Å². The number of primary amides is 1. The first-order valence-corrected chi connectivity index (χ1v) is 11.9. The lowest BCUT2D eigenvalue weighted by atomic mass is 10.2. The van der Waals surface area contributed by atoms with Crippen LogP contribution >= 0.6 is 0 Å². The minimum absolute atomic E-state index is 0.142. The molecule has 0 saturated heterocycles. The molecular weight excluding hydrogens is 450 g/mol. The van der Waals surface area contributed by atoms with Crippen molar-refractivity contribution in [3.8, 4) is 0 Å². The van der Waals surface area contributed by atoms with Crippen LogP contribution in [0.2, 0.25) is 0 Å². The van der Waals surface area contributed by atoms with Gasteiger partial charge in [0.2, 0.25) is 17.7 Å². The third kappa shape index (κ3) is 53.9. The Morgan fingerprint density at radius 1 is 0.800 bits per heavy atom. The summed E-state index contributed by atoms with van der Waals surface area (Å²) in [5, 5.41) is 14.9. The summed E-state index contributed by atoms with van der Waals surface area (Å²) in [4.78, 5) is 41.4. The monoisotopic (exact) mass is 501 g/mol. The van der Waals surface area contributed by atoms with Crippen LogP contribution < -0.4 is 27.4 Å². The number of nitrogens with one attached hydrogen (secondary N) is 3. The van der Waals surface area contributed by atoms with Crippen LogP contribution in [0.1, 0.15) is 65.5 Å². The topological polar surface area (TPSA) is 177 Å². The summed E-state index contributed by atoms with van der Waals surface area (Å²) in [7, 11) is 1.62. The predicted octanol–water partition coefficient (Wildman–Crippen LogP) is 2.12. The maximum Gasteiger partial charge on any atom is 0.303 e. The summed E-state index contributed by atoms with van der Waals surface area (Å²) in [5.41, 5.74) is 12.3. The number of nitrogens with two attached hydrogens (primary N) is 2. The molecule has 0 atom stereocenters. The molecule has 0 bridgehead atoms. The minimum Gasteiger partial charge on any atom is -0.481 e. The van der Waals surface area contributed by atoms with Gasteiger partial charge in [-0.25, -0.2) is 0 Å². The zero-order valence-electron chi connectivity index (χ0n) is 23.3. The first-order chi connectivity index (χ1) is 16.4. The lowest BCUT2D eigenvalue weighted by molar-refractivity contribution is -0.136.